The van der Waals surface area contributed by atoms with Gasteiger partial charge >= 0.3 is 0 Å². The van der Waals surface area contributed by atoms with Crippen LogP contribution in [0.1, 0.15) is 31.4 Å². The van der Waals surface area contributed by atoms with Crippen molar-refractivity contribution < 1.29 is 0 Å². The van der Waals surface area contributed by atoms with Gasteiger partial charge in [-0.3, -0.25) is 0 Å². The minimum atomic E-state index is 0.490. The molecule has 1 heterocycles. The Morgan fingerprint density at radius 3 is 2.50 bits per heavy atom. The molecular formula is C14H22N2. The van der Waals surface area contributed by atoms with Crippen molar-refractivity contribution in [1.29, 1.82) is 0 Å². The summed E-state index contributed by atoms with van der Waals surface area (Å²) in [6.07, 6.45) is 2.74. The number of nitrogens with one attached hydrogen (secondary N) is 1. The summed E-state index contributed by atoms with van der Waals surface area (Å²) in [4.78, 5) is 2.57. The average molecular weight is 218 g/mol. The smallest absolute Gasteiger partial charge is 0.0449 e. The van der Waals surface area contributed by atoms with Gasteiger partial charge < -0.3 is 10.2 Å². The maximum absolute atomic E-state index is 3.58. The number of hydrogen-bond acceptors (Lipinski definition) is 2. The quantitative estimate of drug-likeness (QED) is 0.816. The van der Waals surface area contributed by atoms with E-state index in [-0.39, 0.29) is 0 Å². The number of benzene rings is 1. The number of likely N-dealkylation sites (tertiary alicyclic amines) is 1. The molecule has 1 aromatic carbocycles. The maximum atomic E-state index is 3.58. The maximum Gasteiger partial charge on any atom is 0.0449 e. The molecule has 2 rings (SSSR count). The molecule has 1 aliphatic rings. The summed E-state index contributed by atoms with van der Waals surface area (Å²) < 4.78 is 0. The molecule has 1 saturated heterocycles. The van der Waals surface area contributed by atoms with Crippen LogP contribution in [0, 0.1) is 0 Å². The Balaban J connectivity index is 1.99. The third kappa shape index (κ3) is 3.06. The zero-order valence-electron chi connectivity index (χ0n) is 10.2. The van der Waals surface area contributed by atoms with Crippen molar-refractivity contribution in [2.75, 3.05) is 26.2 Å². The molecule has 1 aromatic rings. The monoisotopic (exact) mass is 218 g/mol. The minimum Gasteiger partial charge on any atom is -0.309 e. The third-order valence-electron chi connectivity index (χ3n) is 3.29. The Labute approximate surface area is 98.7 Å². The van der Waals surface area contributed by atoms with Crippen LogP contribution in [-0.4, -0.2) is 31.1 Å². The van der Waals surface area contributed by atoms with Crippen molar-refractivity contribution in [2.45, 2.75) is 25.8 Å². The van der Waals surface area contributed by atoms with Crippen molar-refractivity contribution in [2.24, 2.45) is 0 Å². The van der Waals surface area contributed by atoms with Gasteiger partial charge in [0.2, 0.25) is 0 Å². The molecule has 88 valence electrons. The van der Waals surface area contributed by atoms with E-state index in [1.165, 1.54) is 31.5 Å². The van der Waals surface area contributed by atoms with Crippen LogP contribution < -0.4 is 5.32 Å². The Morgan fingerprint density at radius 2 is 1.88 bits per heavy atom. The van der Waals surface area contributed by atoms with Crippen molar-refractivity contribution in [3.05, 3.63) is 35.9 Å². The van der Waals surface area contributed by atoms with E-state index >= 15 is 0 Å². The largest absolute Gasteiger partial charge is 0.309 e. The first-order valence-corrected chi connectivity index (χ1v) is 6.41. The first-order valence-electron chi connectivity index (χ1n) is 6.41. The third-order valence-corrected chi connectivity index (χ3v) is 3.29. The molecule has 0 unspecified atom stereocenters. The zero-order chi connectivity index (χ0) is 11.2. The second kappa shape index (κ2) is 6.02. The molecule has 1 fully saturated rings. The van der Waals surface area contributed by atoms with Gasteiger partial charge in [0.05, 0.1) is 0 Å². The molecule has 0 amide bonds. The fraction of sp³-hybridized carbons (Fsp3) is 0.571. The van der Waals surface area contributed by atoms with Crippen LogP contribution in [0.3, 0.4) is 0 Å². The van der Waals surface area contributed by atoms with E-state index in [0.717, 1.165) is 13.1 Å². The molecule has 1 aliphatic heterocycles. The number of rotatable bonds is 5. The molecule has 0 aliphatic carbocycles. The van der Waals surface area contributed by atoms with Gasteiger partial charge in [-0.05, 0) is 38.0 Å². The summed E-state index contributed by atoms with van der Waals surface area (Å²) in [6.45, 7) is 6.91. The second-order valence-electron chi connectivity index (χ2n) is 4.53. The highest BCUT2D eigenvalue weighted by molar-refractivity contribution is 5.19. The van der Waals surface area contributed by atoms with Crippen LogP contribution in [0.25, 0.3) is 0 Å². The minimum absolute atomic E-state index is 0.490. The van der Waals surface area contributed by atoms with Crippen molar-refractivity contribution in [3.8, 4) is 0 Å². The number of nitrogens with zero attached hydrogens (tertiary/aromatic N) is 1. The summed E-state index contributed by atoms with van der Waals surface area (Å²) in [5.74, 6) is 0. The van der Waals surface area contributed by atoms with E-state index in [4.69, 9.17) is 0 Å². The van der Waals surface area contributed by atoms with Crippen LogP contribution in [0.5, 0.6) is 0 Å². The van der Waals surface area contributed by atoms with Gasteiger partial charge in [-0.15, -0.1) is 0 Å². The second-order valence-corrected chi connectivity index (χ2v) is 4.53. The summed E-state index contributed by atoms with van der Waals surface area (Å²) in [7, 11) is 0. The highest BCUT2D eigenvalue weighted by Gasteiger charge is 2.17. The number of hydrogen-bond donors (Lipinski definition) is 1. The highest BCUT2D eigenvalue weighted by Crippen LogP contribution is 2.17. The normalized spacial score (nSPS) is 18.8. The Kier molecular flexibility index (Phi) is 4.37. The molecule has 0 aromatic heterocycles. The van der Waals surface area contributed by atoms with Gasteiger partial charge in [0.15, 0.2) is 0 Å². The first kappa shape index (κ1) is 11.6. The van der Waals surface area contributed by atoms with Gasteiger partial charge in [-0.2, -0.15) is 0 Å². The molecule has 1 N–H and O–H groups in total. The van der Waals surface area contributed by atoms with E-state index in [9.17, 15) is 0 Å². The summed E-state index contributed by atoms with van der Waals surface area (Å²) >= 11 is 0. The van der Waals surface area contributed by atoms with Crippen LogP contribution in [-0.2, 0) is 0 Å². The molecule has 16 heavy (non-hydrogen) atoms. The van der Waals surface area contributed by atoms with E-state index in [2.05, 4.69) is 47.5 Å². The lowest BCUT2D eigenvalue weighted by molar-refractivity contribution is 0.294. The summed E-state index contributed by atoms with van der Waals surface area (Å²) in [5.41, 5.74) is 1.41. The van der Waals surface area contributed by atoms with Crippen LogP contribution in [0.2, 0.25) is 0 Å². The molecule has 0 bridgehead atoms. The van der Waals surface area contributed by atoms with Gasteiger partial charge in [0.1, 0.15) is 0 Å². The Bertz CT molecular complexity index is 291. The first-order chi connectivity index (χ1) is 7.90. The number of likely N-dealkylation sites (N-methyl/N-ethyl adjacent to an activating group) is 1. The SMILES string of the molecule is CCN[C@H](CN1CCCC1)c1ccccc1. The molecule has 0 saturated carbocycles. The standard InChI is InChI=1S/C14H22N2/c1-2-15-14(12-16-10-6-7-11-16)13-8-4-3-5-9-13/h3-5,8-9,14-15H,2,6-7,10-12H2,1H3/t14-/m1/s1. The summed E-state index contributed by atoms with van der Waals surface area (Å²) in [5, 5.41) is 3.58. The Morgan fingerprint density at radius 1 is 1.19 bits per heavy atom. The van der Waals surface area contributed by atoms with Crippen molar-refractivity contribution in [3.63, 3.8) is 0 Å². The van der Waals surface area contributed by atoms with E-state index in [1.807, 2.05) is 0 Å². The summed E-state index contributed by atoms with van der Waals surface area (Å²) in [6, 6.07) is 11.3. The molecule has 0 spiro atoms. The highest BCUT2D eigenvalue weighted by atomic mass is 15.2. The predicted molar refractivity (Wildman–Crippen MR) is 68.5 cm³/mol. The zero-order valence-corrected chi connectivity index (χ0v) is 10.2. The predicted octanol–water partition coefficient (Wildman–Crippen LogP) is 2.43. The lowest BCUT2D eigenvalue weighted by Crippen LogP contribution is -2.33. The molecule has 2 nitrogen and oxygen atoms in total. The molecule has 0 radical (unpaired) electrons. The molecular weight excluding hydrogens is 196 g/mol. The van der Waals surface area contributed by atoms with Gasteiger partial charge in [0, 0.05) is 12.6 Å². The lowest BCUT2D eigenvalue weighted by atomic mass is 10.1. The molecule has 1 atom stereocenters. The van der Waals surface area contributed by atoms with Crippen LogP contribution >= 0.6 is 0 Å². The fourth-order valence-electron chi connectivity index (χ4n) is 2.44. The van der Waals surface area contributed by atoms with Gasteiger partial charge in [-0.1, -0.05) is 37.3 Å². The van der Waals surface area contributed by atoms with Gasteiger partial charge in [-0.25, -0.2) is 0 Å². The fourth-order valence-corrected chi connectivity index (χ4v) is 2.44. The topological polar surface area (TPSA) is 15.3 Å². The molecule has 2 heteroatoms. The average Bonchev–Trinajstić information content (AvgIpc) is 2.83. The Hall–Kier alpha value is -0.860. The van der Waals surface area contributed by atoms with E-state index in [0.29, 0.717) is 6.04 Å². The van der Waals surface area contributed by atoms with Gasteiger partial charge in [0.25, 0.3) is 0 Å². The van der Waals surface area contributed by atoms with Crippen LogP contribution in [0.15, 0.2) is 30.3 Å². The van der Waals surface area contributed by atoms with E-state index in [1.54, 1.807) is 0 Å². The van der Waals surface area contributed by atoms with Crippen LogP contribution in [0.4, 0.5) is 0 Å². The lowest BCUT2D eigenvalue weighted by Gasteiger charge is -2.24. The van der Waals surface area contributed by atoms with Crippen molar-refractivity contribution >= 4 is 0 Å². The van der Waals surface area contributed by atoms with E-state index < -0.39 is 0 Å². The van der Waals surface area contributed by atoms with Crippen molar-refractivity contribution in [1.82, 2.24) is 10.2 Å².